The van der Waals surface area contributed by atoms with Crippen molar-refractivity contribution in [2.75, 3.05) is 7.11 Å². The van der Waals surface area contributed by atoms with Crippen molar-refractivity contribution in [3.05, 3.63) is 64.2 Å². The van der Waals surface area contributed by atoms with Gasteiger partial charge in [-0.1, -0.05) is 29.3 Å². The quantitative estimate of drug-likeness (QED) is 0.695. The number of amides is 1. The number of carbonyl (C=O) groups excluding carboxylic acids is 1. The summed E-state index contributed by atoms with van der Waals surface area (Å²) in [7, 11) is 1.55. The Bertz CT molecular complexity index is 666. The second-order valence-corrected chi connectivity index (χ2v) is 4.87. The normalized spacial score (nSPS) is 10.6. The first kappa shape index (κ1) is 15.1. The molecule has 2 aromatic rings. The molecule has 0 fully saturated rings. The Morgan fingerprint density at radius 2 is 1.95 bits per heavy atom. The van der Waals surface area contributed by atoms with E-state index in [1.54, 1.807) is 37.4 Å². The van der Waals surface area contributed by atoms with Crippen molar-refractivity contribution in [1.29, 1.82) is 0 Å². The molecule has 0 aliphatic heterocycles. The molecule has 5 heteroatoms. The van der Waals surface area contributed by atoms with Crippen LogP contribution in [0.3, 0.4) is 0 Å². The molecule has 0 unspecified atom stereocenters. The van der Waals surface area contributed by atoms with E-state index >= 15 is 0 Å². The number of hydrogen-bond donors (Lipinski definition) is 1. The summed E-state index contributed by atoms with van der Waals surface area (Å²) in [6, 6.07) is 12.5. The van der Waals surface area contributed by atoms with Gasteiger partial charge >= 0.3 is 0 Å². The molecule has 0 bridgehead atoms. The van der Waals surface area contributed by atoms with Gasteiger partial charge in [0.2, 0.25) is 0 Å². The van der Waals surface area contributed by atoms with Crippen LogP contribution >= 0.6 is 11.6 Å². The fourth-order valence-electron chi connectivity index (χ4n) is 1.70. The summed E-state index contributed by atoms with van der Waals surface area (Å²) in [6.45, 7) is 1.97. The van der Waals surface area contributed by atoms with Crippen LogP contribution in [-0.2, 0) is 0 Å². The third-order valence-electron chi connectivity index (χ3n) is 2.87. The number of halogens is 1. The first-order valence-electron chi connectivity index (χ1n) is 6.34. The van der Waals surface area contributed by atoms with Crippen LogP contribution in [0.5, 0.6) is 5.75 Å². The second-order valence-electron chi connectivity index (χ2n) is 4.46. The molecule has 0 atom stereocenters. The van der Waals surface area contributed by atoms with Crippen LogP contribution in [-0.4, -0.2) is 19.2 Å². The lowest BCUT2D eigenvalue weighted by molar-refractivity contribution is 0.0955. The van der Waals surface area contributed by atoms with E-state index in [0.717, 1.165) is 11.1 Å². The minimum atomic E-state index is -0.258. The van der Waals surface area contributed by atoms with E-state index in [2.05, 4.69) is 10.5 Å². The van der Waals surface area contributed by atoms with Gasteiger partial charge in [-0.05, 0) is 42.8 Å². The molecule has 0 radical (unpaired) electrons. The third kappa shape index (κ3) is 4.07. The maximum absolute atomic E-state index is 11.8. The third-order valence-corrected chi connectivity index (χ3v) is 3.16. The number of nitrogens with one attached hydrogen (secondary N) is 1. The zero-order valence-electron chi connectivity index (χ0n) is 11.8. The lowest BCUT2D eigenvalue weighted by Gasteiger charge is -2.03. The smallest absolute Gasteiger partial charge is 0.271 e. The topological polar surface area (TPSA) is 50.7 Å². The van der Waals surface area contributed by atoms with Gasteiger partial charge in [0.1, 0.15) is 5.75 Å². The van der Waals surface area contributed by atoms with E-state index in [4.69, 9.17) is 16.3 Å². The maximum atomic E-state index is 11.8. The molecule has 0 heterocycles. The molecule has 1 amide bonds. The highest BCUT2D eigenvalue weighted by Crippen LogP contribution is 2.24. The van der Waals surface area contributed by atoms with Crippen molar-refractivity contribution in [3.63, 3.8) is 0 Å². The second kappa shape index (κ2) is 6.90. The number of carbonyl (C=O) groups is 1. The van der Waals surface area contributed by atoms with Crippen LogP contribution in [0.1, 0.15) is 21.5 Å². The van der Waals surface area contributed by atoms with Gasteiger partial charge in [-0.25, -0.2) is 5.43 Å². The van der Waals surface area contributed by atoms with E-state index < -0.39 is 0 Å². The summed E-state index contributed by atoms with van der Waals surface area (Å²) < 4.78 is 5.06. The number of aryl methyl sites for hydroxylation is 1. The molecule has 0 aromatic heterocycles. The molecule has 0 aliphatic rings. The van der Waals surface area contributed by atoms with Crippen molar-refractivity contribution in [2.24, 2.45) is 5.10 Å². The van der Waals surface area contributed by atoms with Gasteiger partial charge in [0.15, 0.2) is 0 Å². The Morgan fingerprint density at radius 1 is 1.24 bits per heavy atom. The summed E-state index contributed by atoms with van der Waals surface area (Å²) in [5.74, 6) is 0.336. The number of hydrogen-bond acceptors (Lipinski definition) is 3. The molecule has 21 heavy (non-hydrogen) atoms. The fourth-order valence-corrected chi connectivity index (χ4v) is 1.96. The van der Waals surface area contributed by atoms with E-state index in [1.807, 2.05) is 19.1 Å². The van der Waals surface area contributed by atoms with Crippen molar-refractivity contribution >= 4 is 23.7 Å². The van der Waals surface area contributed by atoms with Crippen LogP contribution in [0.15, 0.2) is 47.6 Å². The van der Waals surface area contributed by atoms with Crippen LogP contribution in [0.2, 0.25) is 5.02 Å². The first-order valence-corrected chi connectivity index (χ1v) is 6.71. The molecule has 0 saturated carbocycles. The number of benzene rings is 2. The predicted molar refractivity (Wildman–Crippen MR) is 84.2 cm³/mol. The number of rotatable bonds is 4. The standard InChI is InChI=1S/C16H15ClN2O2/c1-11-3-6-13(7-4-11)16(20)19-18-10-12-5-8-15(21-2)14(17)9-12/h3-10H,1-2H3,(H,19,20). The van der Waals surface area contributed by atoms with Crippen LogP contribution in [0, 0.1) is 6.92 Å². The van der Waals surface area contributed by atoms with Gasteiger partial charge in [-0.3, -0.25) is 4.79 Å². The predicted octanol–water partition coefficient (Wildman–Crippen LogP) is 3.42. The van der Waals surface area contributed by atoms with Crippen molar-refractivity contribution in [1.82, 2.24) is 5.43 Å². The SMILES string of the molecule is COc1ccc(C=NNC(=O)c2ccc(C)cc2)cc1Cl. The molecule has 108 valence electrons. The average Bonchev–Trinajstić information content (AvgIpc) is 2.48. The van der Waals surface area contributed by atoms with Crippen molar-refractivity contribution in [3.8, 4) is 5.75 Å². The monoisotopic (exact) mass is 302 g/mol. The Balaban J connectivity index is 2.00. The van der Waals surface area contributed by atoms with Gasteiger partial charge in [0.05, 0.1) is 18.3 Å². The van der Waals surface area contributed by atoms with E-state index in [-0.39, 0.29) is 5.91 Å². The number of nitrogens with zero attached hydrogens (tertiary/aromatic N) is 1. The van der Waals surface area contributed by atoms with Gasteiger partial charge in [-0.15, -0.1) is 0 Å². The highest BCUT2D eigenvalue weighted by Gasteiger charge is 2.03. The number of hydrazone groups is 1. The lowest BCUT2D eigenvalue weighted by Crippen LogP contribution is -2.17. The van der Waals surface area contributed by atoms with E-state index in [0.29, 0.717) is 16.3 Å². The largest absolute Gasteiger partial charge is 0.495 e. The molecule has 0 saturated heterocycles. The molecule has 0 spiro atoms. The van der Waals surface area contributed by atoms with E-state index in [1.165, 1.54) is 6.21 Å². The van der Waals surface area contributed by atoms with E-state index in [9.17, 15) is 4.79 Å². The summed E-state index contributed by atoms with van der Waals surface area (Å²) in [4.78, 5) is 11.8. The molecule has 1 N–H and O–H groups in total. The summed E-state index contributed by atoms with van der Waals surface area (Å²) >= 11 is 6.01. The number of ether oxygens (including phenoxy) is 1. The summed E-state index contributed by atoms with van der Waals surface area (Å²) in [5, 5.41) is 4.40. The minimum Gasteiger partial charge on any atom is -0.495 e. The molecular weight excluding hydrogens is 288 g/mol. The van der Waals surface area contributed by atoms with Crippen LogP contribution in [0.4, 0.5) is 0 Å². The van der Waals surface area contributed by atoms with Gasteiger partial charge < -0.3 is 4.74 Å². The summed E-state index contributed by atoms with van der Waals surface area (Å²) in [6.07, 6.45) is 1.53. The molecular formula is C16H15ClN2O2. The number of methoxy groups -OCH3 is 1. The maximum Gasteiger partial charge on any atom is 0.271 e. The van der Waals surface area contributed by atoms with Gasteiger partial charge in [-0.2, -0.15) is 5.10 Å². The van der Waals surface area contributed by atoms with Crippen LogP contribution < -0.4 is 10.2 Å². The average molecular weight is 303 g/mol. The van der Waals surface area contributed by atoms with Crippen molar-refractivity contribution in [2.45, 2.75) is 6.92 Å². The fraction of sp³-hybridized carbons (Fsp3) is 0.125. The van der Waals surface area contributed by atoms with Gasteiger partial charge in [0.25, 0.3) is 5.91 Å². The zero-order valence-corrected chi connectivity index (χ0v) is 12.5. The Morgan fingerprint density at radius 3 is 2.57 bits per heavy atom. The highest BCUT2D eigenvalue weighted by atomic mass is 35.5. The van der Waals surface area contributed by atoms with Crippen LogP contribution in [0.25, 0.3) is 0 Å². The summed E-state index contributed by atoms with van der Waals surface area (Å²) in [5.41, 5.74) is 4.90. The Hall–Kier alpha value is -2.33. The molecule has 0 aliphatic carbocycles. The Labute approximate surface area is 128 Å². The first-order chi connectivity index (χ1) is 10.1. The molecule has 2 rings (SSSR count). The van der Waals surface area contributed by atoms with Gasteiger partial charge in [0, 0.05) is 5.56 Å². The lowest BCUT2D eigenvalue weighted by atomic mass is 10.1. The molecule has 2 aromatic carbocycles. The van der Waals surface area contributed by atoms with Crippen molar-refractivity contribution < 1.29 is 9.53 Å². The molecule has 4 nitrogen and oxygen atoms in total. The zero-order chi connectivity index (χ0) is 15.2. The minimum absolute atomic E-state index is 0.258. The highest BCUT2D eigenvalue weighted by molar-refractivity contribution is 6.32. The Kier molecular flexibility index (Phi) is 4.95.